The normalized spacial score (nSPS) is 14.4. The molecule has 0 spiro atoms. The number of benzene rings is 3. The van der Waals surface area contributed by atoms with Gasteiger partial charge in [0.1, 0.15) is 24.6 Å². The Kier molecular flexibility index (Phi) is 6.26. The van der Waals surface area contributed by atoms with Gasteiger partial charge in [-0.3, -0.25) is 0 Å². The molecule has 0 radical (unpaired) electrons. The highest BCUT2D eigenvalue weighted by atomic mass is 19.1. The van der Waals surface area contributed by atoms with Gasteiger partial charge in [0.05, 0.1) is 0 Å². The van der Waals surface area contributed by atoms with E-state index in [1.807, 2.05) is 36.4 Å². The van der Waals surface area contributed by atoms with Gasteiger partial charge in [0.25, 0.3) is 0 Å². The predicted octanol–water partition coefficient (Wildman–Crippen LogP) is 4.38. The lowest BCUT2D eigenvalue weighted by atomic mass is 9.94. The second-order valence-electron chi connectivity index (χ2n) is 8.17. The van der Waals surface area contributed by atoms with Crippen LogP contribution in [-0.4, -0.2) is 35.6 Å². The van der Waals surface area contributed by atoms with Gasteiger partial charge >= 0.3 is 6.09 Å². The zero-order valence-corrected chi connectivity index (χ0v) is 18.0. The molecule has 0 bridgehead atoms. The van der Waals surface area contributed by atoms with Gasteiger partial charge in [-0.1, -0.05) is 48.5 Å². The molecule has 3 N–H and O–H groups in total. The predicted molar refractivity (Wildman–Crippen MR) is 120 cm³/mol. The summed E-state index contributed by atoms with van der Waals surface area (Å²) >= 11 is 0. The monoisotopic (exact) mass is 435 g/mol. The molecule has 0 heterocycles. The van der Waals surface area contributed by atoms with Gasteiger partial charge in [0.2, 0.25) is 0 Å². The molecule has 0 saturated heterocycles. The molecule has 3 aromatic rings. The molecule has 32 heavy (non-hydrogen) atoms. The van der Waals surface area contributed by atoms with Crippen LogP contribution in [0.2, 0.25) is 0 Å². The van der Waals surface area contributed by atoms with E-state index < -0.39 is 24.1 Å². The fraction of sp³-hybridized carbons (Fsp3) is 0.269. The molecule has 166 valence electrons. The Labute approximate surface area is 186 Å². The summed E-state index contributed by atoms with van der Waals surface area (Å²) in [6.07, 6.45) is -3.20. The first kappa shape index (κ1) is 22.0. The number of alkyl carbamates (subject to hydrolysis) is 1. The molecular formula is C26H26FNO4. The summed E-state index contributed by atoms with van der Waals surface area (Å²) in [6, 6.07) is 18.7. The van der Waals surface area contributed by atoms with E-state index in [1.54, 1.807) is 13.8 Å². The topological polar surface area (TPSA) is 78.8 Å². The fourth-order valence-corrected chi connectivity index (χ4v) is 4.53. The number of aryl methyl sites for hydroxylation is 2. The average Bonchev–Trinajstić information content (AvgIpc) is 3.09. The van der Waals surface area contributed by atoms with E-state index in [0.717, 1.165) is 22.3 Å². The van der Waals surface area contributed by atoms with Crippen LogP contribution in [0.1, 0.15) is 39.8 Å². The van der Waals surface area contributed by atoms with Crippen LogP contribution < -0.4 is 5.32 Å². The number of rotatable bonds is 6. The maximum atomic E-state index is 13.5. The van der Waals surface area contributed by atoms with Crippen molar-refractivity contribution < 1.29 is 24.1 Å². The van der Waals surface area contributed by atoms with E-state index in [1.165, 1.54) is 12.1 Å². The Hall–Kier alpha value is -3.22. The van der Waals surface area contributed by atoms with Crippen molar-refractivity contribution in [2.75, 3.05) is 13.2 Å². The standard InChI is InChI=1S/C26H26FNO4/c1-15-11-17(27)12-16(2)24(15)25(30)23(29)13-28-26(31)32-14-22-20-9-5-3-7-18(20)19-8-4-6-10-21(19)22/h3-12,22-23,25,29-30H,13-14H2,1-2H3,(H,28,31). The number of nitrogens with one attached hydrogen (secondary N) is 1. The Balaban J connectivity index is 1.36. The molecule has 2 atom stereocenters. The van der Waals surface area contributed by atoms with Crippen molar-refractivity contribution in [3.05, 3.63) is 94.3 Å². The van der Waals surface area contributed by atoms with Crippen molar-refractivity contribution in [2.24, 2.45) is 0 Å². The lowest BCUT2D eigenvalue weighted by Crippen LogP contribution is -2.36. The van der Waals surface area contributed by atoms with Crippen molar-refractivity contribution in [1.29, 1.82) is 0 Å². The van der Waals surface area contributed by atoms with Crippen LogP contribution in [0.3, 0.4) is 0 Å². The maximum Gasteiger partial charge on any atom is 0.407 e. The minimum absolute atomic E-state index is 0.0619. The van der Waals surface area contributed by atoms with E-state index in [4.69, 9.17) is 4.74 Å². The van der Waals surface area contributed by atoms with Crippen LogP contribution in [0.15, 0.2) is 60.7 Å². The van der Waals surface area contributed by atoms with Gasteiger partial charge in [-0.05, 0) is 64.9 Å². The van der Waals surface area contributed by atoms with Gasteiger partial charge in [0, 0.05) is 12.5 Å². The summed E-state index contributed by atoms with van der Waals surface area (Å²) in [4.78, 5) is 12.3. The lowest BCUT2D eigenvalue weighted by molar-refractivity contribution is 0.0178. The maximum absolute atomic E-state index is 13.5. The molecule has 1 aliphatic carbocycles. The Morgan fingerprint density at radius 3 is 2.09 bits per heavy atom. The SMILES string of the molecule is Cc1cc(F)cc(C)c1C(O)C(O)CNC(=O)OCC1c2ccccc2-c2ccccc21. The zero-order chi connectivity index (χ0) is 22.8. The van der Waals surface area contributed by atoms with E-state index in [9.17, 15) is 19.4 Å². The number of halogens is 1. The zero-order valence-electron chi connectivity index (χ0n) is 18.0. The van der Waals surface area contributed by atoms with E-state index >= 15 is 0 Å². The molecule has 0 aliphatic heterocycles. The molecule has 3 aromatic carbocycles. The van der Waals surface area contributed by atoms with E-state index in [0.29, 0.717) is 16.7 Å². The summed E-state index contributed by atoms with van der Waals surface area (Å²) in [5.41, 5.74) is 6.03. The highest BCUT2D eigenvalue weighted by molar-refractivity contribution is 5.79. The Morgan fingerprint density at radius 1 is 1.00 bits per heavy atom. The van der Waals surface area contributed by atoms with Crippen LogP contribution in [0.5, 0.6) is 0 Å². The molecule has 0 fully saturated rings. The summed E-state index contributed by atoms with van der Waals surface area (Å²) < 4.78 is 19.0. The first-order chi connectivity index (χ1) is 15.4. The summed E-state index contributed by atoms with van der Waals surface area (Å²) in [5, 5.41) is 23.4. The minimum Gasteiger partial charge on any atom is -0.449 e. The first-order valence-electron chi connectivity index (χ1n) is 10.6. The van der Waals surface area contributed by atoms with Crippen molar-refractivity contribution in [3.63, 3.8) is 0 Å². The third kappa shape index (κ3) is 4.24. The Bertz CT molecular complexity index is 1080. The fourth-order valence-electron chi connectivity index (χ4n) is 4.53. The van der Waals surface area contributed by atoms with Crippen molar-refractivity contribution in [1.82, 2.24) is 5.32 Å². The minimum atomic E-state index is -1.27. The van der Waals surface area contributed by atoms with Crippen LogP contribution in [-0.2, 0) is 4.74 Å². The van der Waals surface area contributed by atoms with Gasteiger partial charge < -0.3 is 20.3 Å². The molecule has 6 heteroatoms. The molecule has 0 aromatic heterocycles. The number of hydrogen-bond acceptors (Lipinski definition) is 4. The molecule has 4 rings (SSSR count). The van der Waals surface area contributed by atoms with Gasteiger partial charge in [0.15, 0.2) is 0 Å². The average molecular weight is 435 g/mol. The van der Waals surface area contributed by atoms with Gasteiger partial charge in [-0.25, -0.2) is 9.18 Å². The number of carbonyl (C=O) groups excluding carboxylic acids is 1. The number of carbonyl (C=O) groups is 1. The Morgan fingerprint density at radius 2 is 1.53 bits per heavy atom. The molecular weight excluding hydrogens is 409 g/mol. The summed E-state index contributed by atoms with van der Waals surface area (Å²) in [7, 11) is 0. The van der Waals surface area contributed by atoms with E-state index in [2.05, 4.69) is 17.4 Å². The number of fused-ring (bicyclic) bond motifs is 3. The number of amides is 1. The third-order valence-electron chi connectivity index (χ3n) is 6.02. The second-order valence-corrected chi connectivity index (χ2v) is 8.17. The van der Waals surface area contributed by atoms with Crippen LogP contribution >= 0.6 is 0 Å². The van der Waals surface area contributed by atoms with Crippen molar-refractivity contribution in [3.8, 4) is 11.1 Å². The van der Waals surface area contributed by atoms with Gasteiger partial charge in [-0.2, -0.15) is 0 Å². The van der Waals surface area contributed by atoms with Gasteiger partial charge in [-0.15, -0.1) is 0 Å². The third-order valence-corrected chi connectivity index (χ3v) is 6.02. The quantitative estimate of drug-likeness (QED) is 0.537. The number of aliphatic hydroxyl groups excluding tert-OH is 2. The highest BCUT2D eigenvalue weighted by Gasteiger charge is 2.29. The van der Waals surface area contributed by atoms with Crippen molar-refractivity contribution >= 4 is 6.09 Å². The molecule has 0 saturated carbocycles. The number of hydrogen-bond donors (Lipinski definition) is 3. The van der Waals surface area contributed by atoms with Crippen LogP contribution in [0.25, 0.3) is 11.1 Å². The molecule has 5 nitrogen and oxygen atoms in total. The highest BCUT2D eigenvalue weighted by Crippen LogP contribution is 2.44. The summed E-state index contributed by atoms with van der Waals surface area (Å²) in [6.45, 7) is 3.30. The number of aliphatic hydroxyl groups is 2. The molecule has 1 amide bonds. The molecule has 1 aliphatic rings. The smallest absolute Gasteiger partial charge is 0.407 e. The molecule has 2 unspecified atom stereocenters. The van der Waals surface area contributed by atoms with Crippen LogP contribution in [0, 0.1) is 19.7 Å². The van der Waals surface area contributed by atoms with Crippen molar-refractivity contribution in [2.45, 2.75) is 32.0 Å². The largest absolute Gasteiger partial charge is 0.449 e. The lowest BCUT2D eigenvalue weighted by Gasteiger charge is -2.22. The first-order valence-corrected chi connectivity index (χ1v) is 10.6. The van der Waals surface area contributed by atoms with E-state index in [-0.39, 0.29) is 19.1 Å². The number of ether oxygens (including phenoxy) is 1. The van der Waals surface area contributed by atoms with Crippen LogP contribution in [0.4, 0.5) is 9.18 Å². The summed E-state index contributed by atoms with van der Waals surface area (Å²) in [5.74, 6) is -0.463. The second kappa shape index (κ2) is 9.10.